The van der Waals surface area contributed by atoms with Crippen LogP contribution >= 0.6 is 0 Å². The molecule has 0 bridgehead atoms. The van der Waals surface area contributed by atoms with Crippen molar-refractivity contribution < 1.29 is 14.7 Å². The van der Waals surface area contributed by atoms with Crippen molar-refractivity contribution in [3.8, 4) is 0 Å². The van der Waals surface area contributed by atoms with Crippen LogP contribution < -0.4 is 5.48 Å². The molecule has 100 valence electrons. The van der Waals surface area contributed by atoms with Gasteiger partial charge in [0.05, 0.1) is 6.54 Å². The molecule has 1 aromatic heterocycles. The SMILES string of the molecule is O=C(O)CONC1CCCN(Cc2nn[nH]n2)C1. The van der Waals surface area contributed by atoms with Gasteiger partial charge in [0, 0.05) is 12.6 Å². The Labute approximate surface area is 103 Å². The van der Waals surface area contributed by atoms with Gasteiger partial charge in [0.2, 0.25) is 0 Å². The summed E-state index contributed by atoms with van der Waals surface area (Å²) in [6, 6.07) is 0.130. The van der Waals surface area contributed by atoms with E-state index in [9.17, 15) is 4.79 Å². The molecule has 1 aliphatic rings. The van der Waals surface area contributed by atoms with E-state index in [2.05, 4.69) is 31.0 Å². The van der Waals surface area contributed by atoms with Crippen LogP contribution in [0.25, 0.3) is 0 Å². The first kappa shape index (κ1) is 12.9. The molecule has 1 aliphatic heterocycles. The van der Waals surface area contributed by atoms with Gasteiger partial charge in [-0.15, -0.1) is 10.2 Å². The summed E-state index contributed by atoms with van der Waals surface area (Å²) < 4.78 is 0. The zero-order chi connectivity index (χ0) is 12.8. The highest BCUT2D eigenvalue weighted by Gasteiger charge is 2.21. The summed E-state index contributed by atoms with van der Waals surface area (Å²) >= 11 is 0. The molecule has 2 rings (SSSR count). The van der Waals surface area contributed by atoms with Gasteiger partial charge in [-0.3, -0.25) is 9.74 Å². The number of carboxylic acid groups (broad SMARTS) is 1. The Morgan fingerprint density at radius 2 is 2.56 bits per heavy atom. The van der Waals surface area contributed by atoms with Crippen LogP contribution in [-0.4, -0.2) is 62.3 Å². The maximum atomic E-state index is 10.3. The van der Waals surface area contributed by atoms with Gasteiger partial charge < -0.3 is 5.11 Å². The normalized spacial score (nSPS) is 21.0. The molecular formula is C9H16N6O3. The van der Waals surface area contributed by atoms with E-state index in [1.165, 1.54) is 0 Å². The van der Waals surface area contributed by atoms with E-state index in [0.717, 1.165) is 25.9 Å². The predicted molar refractivity (Wildman–Crippen MR) is 59.2 cm³/mol. The van der Waals surface area contributed by atoms with Gasteiger partial charge in [-0.2, -0.15) is 10.7 Å². The quantitative estimate of drug-likeness (QED) is 0.542. The smallest absolute Gasteiger partial charge is 0.331 e. The molecule has 0 aliphatic carbocycles. The van der Waals surface area contributed by atoms with E-state index in [4.69, 9.17) is 9.94 Å². The summed E-state index contributed by atoms with van der Waals surface area (Å²) in [5.41, 5.74) is 2.78. The van der Waals surface area contributed by atoms with E-state index in [1.54, 1.807) is 0 Å². The van der Waals surface area contributed by atoms with Gasteiger partial charge >= 0.3 is 5.97 Å². The standard InChI is InChI=1S/C9H16N6O3/c16-9(17)6-18-12-7-2-1-3-15(4-7)5-8-10-13-14-11-8/h7,12H,1-6H2,(H,16,17)(H,10,11,13,14). The van der Waals surface area contributed by atoms with Gasteiger partial charge in [-0.1, -0.05) is 5.21 Å². The Bertz CT molecular complexity index is 370. The van der Waals surface area contributed by atoms with Crippen LogP contribution in [0.15, 0.2) is 0 Å². The highest BCUT2D eigenvalue weighted by Crippen LogP contribution is 2.11. The van der Waals surface area contributed by atoms with Crippen LogP contribution in [0.4, 0.5) is 0 Å². The molecule has 0 aromatic carbocycles. The summed E-state index contributed by atoms with van der Waals surface area (Å²) in [5.74, 6) is -0.330. The average molecular weight is 256 g/mol. The molecular weight excluding hydrogens is 240 g/mol. The number of hydroxylamine groups is 1. The Balaban J connectivity index is 1.72. The highest BCUT2D eigenvalue weighted by molar-refractivity contribution is 5.67. The fourth-order valence-electron chi connectivity index (χ4n) is 1.97. The highest BCUT2D eigenvalue weighted by atomic mass is 16.7. The molecule has 9 nitrogen and oxygen atoms in total. The Hall–Kier alpha value is -1.58. The summed E-state index contributed by atoms with van der Waals surface area (Å²) in [6.45, 7) is 2.04. The minimum absolute atomic E-state index is 0.130. The second-order valence-electron chi connectivity index (χ2n) is 4.20. The van der Waals surface area contributed by atoms with E-state index in [-0.39, 0.29) is 12.6 Å². The van der Waals surface area contributed by atoms with Crippen LogP contribution in [0, 0.1) is 0 Å². The largest absolute Gasteiger partial charge is 0.479 e. The van der Waals surface area contributed by atoms with Crippen molar-refractivity contribution in [2.24, 2.45) is 0 Å². The summed E-state index contributed by atoms with van der Waals surface area (Å²) in [6.07, 6.45) is 1.98. The third-order valence-electron chi connectivity index (χ3n) is 2.71. The summed E-state index contributed by atoms with van der Waals surface area (Å²) in [5, 5.41) is 22.2. The monoisotopic (exact) mass is 256 g/mol. The predicted octanol–water partition coefficient (Wildman–Crippen LogP) is -1.23. The number of aromatic nitrogens is 4. The number of carboxylic acids is 1. The average Bonchev–Trinajstić information content (AvgIpc) is 2.82. The lowest BCUT2D eigenvalue weighted by molar-refractivity contribution is -0.146. The number of nitrogens with zero attached hydrogens (tertiary/aromatic N) is 4. The zero-order valence-corrected chi connectivity index (χ0v) is 9.87. The number of H-pyrrole nitrogens is 1. The molecule has 9 heteroatoms. The molecule has 2 heterocycles. The molecule has 1 atom stereocenters. The first-order valence-electron chi connectivity index (χ1n) is 5.78. The minimum atomic E-state index is -0.984. The first-order chi connectivity index (χ1) is 8.74. The van der Waals surface area contributed by atoms with Crippen molar-refractivity contribution in [2.45, 2.75) is 25.4 Å². The lowest BCUT2D eigenvalue weighted by Crippen LogP contribution is -2.45. The van der Waals surface area contributed by atoms with Crippen molar-refractivity contribution >= 4 is 5.97 Å². The van der Waals surface area contributed by atoms with Crippen LogP contribution in [0.5, 0.6) is 0 Å². The van der Waals surface area contributed by atoms with Crippen molar-refractivity contribution in [3.05, 3.63) is 5.82 Å². The summed E-state index contributed by atoms with van der Waals surface area (Å²) in [4.78, 5) is 17.4. The molecule has 0 spiro atoms. The fourth-order valence-corrected chi connectivity index (χ4v) is 1.97. The van der Waals surface area contributed by atoms with Gasteiger partial charge in [0.25, 0.3) is 0 Å². The van der Waals surface area contributed by atoms with Crippen molar-refractivity contribution in [1.29, 1.82) is 0 Å². The van der Waals surface area contributed by atoms with Crippen LogP contribution in [0.3, 0.4) is 0 Å². The maximum absolute atomic E-state index is 10.3. The van der Waals surface area contributed by atoms with Gasteiger partial charge in [0.1, 0.15) is 0 Å². The lowest BCUT2D eigenvalue weighted by atomic mass is 10.1. The number of aromatic amines is 1. The van der Waals surface area contributed by atoms with Crippen molar-refractivity contribution in [1.82, 2.24) is 31.0 Å². The van der Waals surface area contributed by atoms with E-state index >= 15 is 0 Å². The van der Waals surface area contributed by atoms with Crippen LogP contribution in [-0.2, 0) is 16.2 Å². The number of hydrogen-bond acceptors (Lipinski definition) is 7. The maximum Gasteiger partial charge on any atom is 0.331 e. The number of tetrazole rings is 1. The Morgan fingerprint density at radius 3 is 3.28 bits per heavy atom. The van der Waals surface area contributed by atoms with E-state index in [0.29, 0.717) is 12.4 Å². The lowest BCUT2D eigenvalue weighted by Gasteiger charge is -2.31. The van der Waals surface area contributed by atoms with Crippen LogP contribution in [0.1, 0.15) is 18.7 Å². The third kappa shape index (κ3) is 4.02. The minimum Gasteiger partial charge on any atom is -0.479 e. The van der Waals surface area contributed by atoms with Crippen molar-refractivity contribution in [3.63, 3.8) is 0 Å². The van der Waals surface area contributed by atoms with E-state index in [1.807, 2.05) is 0 Å². The summed E-state index contributed by atoms with van der Waals surface area (Å²) in [7, 11) is 0. The zero-order valence-electron chi connectivity index (χ0n) is 9.87. The topological polar surface area (TPSA) is 116 Å². The van der Waals surface area contributed by atoms with Crippen LogP contribution in [0.2, 0.25) is 0 Å². The van der Waals surface area contributed by atoms with E-state index < -0.39 is 5.97 Å². The molecule has 1 aromatic rings. The number of aliphatic carboxylic acids is 1. The molecule has 0 saturated carbocycles. The first-order valence-corrected chi connectivity index (χ1v) is 5.78. The molecule has 1 saturated heterocycles. The third-order valence-corrected chi connectivity index (χ3v) is 2.71. The number of rotatable bonds is 6. The molecule has 1 fully saturated rings. The molecule has 0 amide bonds. The molecule has 1 unspecified atom stereocenters. The van der Waals surface area contributed by atoms with Gasteiger partial charge in [0.15, 0.2) is 12.4 Å². The second-order valence-corrected chi connectivity index (χ2v) is 4.20. The molecule has 0 radical (unpaired) electrons. The second kappa shape index (κ2) is 6.38. The number of likely N-dealkylation sites (tertiary alicyclic amines) is 1. The number of nitrogens with one attached hydrogen (secondary N) is 2. The molecule has 18 heavy (non-hydrogen) atoms. The van der Waals surface area contributed by atoms with Gasteiger partial charge in [-0.05, 0) is 19.4 Å². The Kier molecular flexibility index (Phi) is 4.56. The number of piperidine rings is 1. The van der Waals surface area contributed by atoms with Crippen molar-refractivity contribution in [2.75, 3.05) is 19.7 Å². The van der Waals surface area contributed by atoms with Gasteiger partial charge in [-0.25, -0.2) is 4.79 Å². The number of hydrogen-bond donors (Lipinski definition) is 3. The number of carbonyl (C=O) groups is 1. The Morgan fingerprint density at radius 1 is 1.67 bits per heavy atom. The molecule has 3 N–H and O–H groups in total. The fraction of sp³-hybridized carbons (Fsp3) is 0.778.